The quantitative estimate of drug-likeness (QED) is 0.737. The molecule has 3 heterocycles. The average molecular weight is 404 g/mol. The minimum Gasteiger partial charge on any atom is -0.497 e. The predicted molar refractivity (Wildman–Crippen MR) is 103 cm³/mol. The first-order valence-electron chi connectivity index (χ1n) is 9.35. The molecule has 2 bridgehead atoms. The van der Waals surface area contributed by atoms with Crippen LogP contribution in [0.3, 0.4) is 0 Å². The lowest BCUT2D eigenvalue weighted by atomic mass is 10.0. The number of ether oxygens (including phenoxy) is 3. The number of hydrogen-bond donors (Lipinski definition) is 0. The van der Waals surface area contributed by atoms with Crippen LogP contribution in [0.1, 0.15) is 25.7 Å². The van der Waals surface area contributed by atoms with Crippen molar-refractivity contribution in [1.82, 2.24) is 9.29 Å². The van der Waals surface area contributed by atoms with Crippen molar-refractivity contribution in [3.8, 4) is 17.2 Å². The Hall–Kier alpha value is -2.32. The third kappa shape index (κ3) is 3.42. The molecule has 7 nitrogen and oxygen atoms in total. The normalized spacial score (nSPS) is 24.7. The Morgan fingerprint density at radius 2 is 1.64 bits per heavy atom. The first-order chi connectivity index (χ1) is 13.5. The summed E-state index contributed by atoms with van der Waals surface area (Å²) in [7, 11) is -0.713. The number of sulfonamides is 1. The van der Waals surface area contributed by atoms with Crippen LogP contribution < -0.4 is 14.2 Å². The summed E-state index contributed by atoms with van der Waals surface area (Å²) in [6.45, 7) is 0. The van der Waals surface area contributed by atoms with E-state index in [4.69, 9.17) is 14.2 Å². The van der Waals surface area contributed by atoms with E-state index < -0.39 is 10.0 Å². The van der Waals surface area contributed by atoms with Crippen LogP contribution in [0.2, 0.25) is 0 Å². The molecule has 28 heavy (non-hydrogen) atoms. The first-order valence-corrected chi connectivity index (χ1v) is 10.8. The summed E-state index contributed by atoms with van der Waals surface area (Å²) in [5, 5.41) is 0. The largest absolute Gasteiger partial charge is 0.497 e. The van der Waals surface area contributed by atoms with E-state index in [1.165, 1.54) is 20.3 Å². The molecule has 0 spiro atoms. The number of aromatic nitrogens is 1. The number of pyridine rings is 1. The van der Waals surface area contributed by atoms with Gasteiger partial charge in [-0.2, -0.15) is 4.31 Å². The van der Waals surface area contributed by atoms with E-state index in [-0.39, 0.29) is 23.1 Å². The lowest BCUT2D eigenvalue weighted by Crippen LogP contribution is -2.49. The van der Waals surface area contributed by atoms with Gasteiger partial charge in [-0.05, 0) is 37.1 Å². The zero-order valence-corrected chi connectivity index (χ0v) is 16.8. The number of methoxy groups -OCH3 is 2. The Labute approximate surface area is 165 Å². The fourth-order valence-electron chi connectivity index (χ4n) is 4.28. The Morgan fingerprint density at radius 1 is 0.964 bits per heavy atom. The third-order valence-corrected chi connectivity index (χ3v) is 7.53. The van der Waals surface area contributed by atoms with Gasteiger partial charge in [0.25, 0.3) is 0 Å². The molecule has 2 aliphatic heterocycles. The van der Waals surface area contributed by atoms with Crippen LogP contribution in [0.25, 0.3) is 0 Å². The molecule has 0 N–H and O–H groups in total. The van der Waals surface area contributed by atoms with Crippen LogP contribution in [0.15, 0.2) is 47.6 Å². The monoisotopic (exact) mass is 404 g/mol. The van der Waals surface area contributed by atoms with Gasteiger partial charge in [0.05, 0.1) is 14.2 Å². The molecule has 0 radical (unpaired) electrons. The Kier molecular flexibility index (Phi) is 5.16. The minimum atomic E-state index is -3.71. The van der Waals surface area contributed by atoms with Crippen LogP contribution in [-0.4, -0.2) is 50.1 Å². The molecule has 0 aliphatic carbocycles. The molecule has 2 aliphatic rings. The van der Waals surface area contributed by atoms with Crippen molar-refractivity contribution in [3.63, 3.8) is 0 Å². The lowest BCUT2D eigenvalue weighted by molar-refractivity contribution is 0.0955. The summed E-state index contributed by atoms with van der Waals surface area (Å²) in [5.41, 5.74) is 0. The maximum absolute atomic E-state index is 13.5. The van der Waals surface area contributed by atoms with Gasteiger partial charge in [0.2, 0.25) is 10.0 Å². The van der Waals surface area contributed by atoms with Gasteiger partial charge in [0.15, 0.2) is 0 Å². The number of nitrogens with zero attached hydrogens (tertiary/aromatic N) is 2. The standard InChI is InChI=1S/C20H24N2O5S/c1-25-17-5-6-19(26-2)20(13-17)28(23,24)22-14-3-4-15(22)12-18(11-14)27-16-7-9-21-10-8-16/h5-10,13-15,18H,3-4,11-12H2,1-2H3. The smallest absolute Gasteiger partial charge is 0.247 e. The molecule has 1 aromatic heterocycles. The van der Waals surface area contributed by atoms with Crippen molar-refractivity contribution in [2.45, 2.75) is 48.8 Å². The molecule has 1 aromatic carbocycles. The highest BCUT2D eigenvalue weighted by atomic mass is 32.2. The summed E-state index contributed by atoms with van der Waals surface area (Å²) in [5.74, 6) is 1.59. The zero-order chi connectivity index (χ0) is 19.7. The summed E-state index contributed by atoms with van der Waals surface area (Å²) >= 11 is 0. The second-order valence-electron chi connectivity index (χ2n) is 7.13. The molecule has 0 amide bonds. The van der Waals surface area contributed by atoms with E-state index in [0.29, 0.717) is 24.3 Å². The van der Waals surface area contributed by atoms with Crippen LogP contribution in [0.4, 0.5) is 0 Å². The minimum absolute atomic E-state index is 0.00134. The molecule has 2 aromatic rings. The van der Waals surface area contributed by atoms with Crippen molar-refractivity contribution >= 4 is 10.0 Å². The van der Waals surface area contributed by atoms with Gasteiger partial charge in [0.1, 0.15) is 28.2 Å². The molecule has 4 rings (SSSR count). The van der Waals surface area contributed by atoms with Gasteiger partial charge in [-0.1, -0.05) is 0 Å². The molecule has 150 valence electrons. The number of hydrogen-bond acceptors (Lipinski definition) is 6. The van der Waals surface area contributed by atoms with Crippen molar-refractivity contribution in [1.29, 1.82) is 0 Å². The maximum Gasteiger partial charge on any atom is 0.247 e. The lowest BCUT2D eigenvalue weighted by Gasteiger charge is -2.38. The van der Waals surface area contributed by atoms with Crippen LogP contribution in [-0.2, 0) is 10.0 Å². The Bertz CT molecular complexity index is 921. The van der Waals surface area contributed by atoms with E-state index in [1.807, 2.05) is 12.1 Å². The number of rotatable bonds is 6. The molecule has 2 unspecified atom stereocenters. The van der Waals surface area contributed by atoms with Crippen LogP contribution >= 0.6 is 0 Å². The fourth-order valence-corrected chi connectivity index (χ4v) is 6.35. The fraction of sp³-hybridized carbons (Fsp3) is 0.450. The van der Waals surface area contributed by atoms with Gasteiger partial charge >= 0.3 is 0 Å². The number of benzene rings is 1. The van der Waals surface area contributed by atoms with Crippen molar-refractivity contribution in [3.05, 3.63) is 42.7 Å². The summed E-state index contributed by atoms with van der Waals surface area (Å²) in [6, 6.07) is 8.36. The van der Waals surface area contributed by atoms with Crippen molar-refractivity contribution in [2.24, 2.45) is 0 Å². The number of fused-ring (bicyclic) bond motifs is 2. The highest BCUT2D eigenvalue weighted by Crippen LogP contribution is 2.43. The SMILES string of the molecule is COc1ccc(OC)c(S(=O)(=O)N2C3CCC2CC(Oc2ccncc2)C3)c1. The molecule has 2 atom stereocenters. The van der Waals surface area contributed by atoms with Gasteiger partial charge in [-0.25, -0.2) is 8.42 Å². The van der Waals surface area contributed by atoms with Gasteiger partial charge < -0.3 is 14.2 Å². The van der Waals surface area contributed by atoms with E-state index in [9.17, 15) is 8.42 Å². The molecule has 8 heteroatoms. The Morgan fingerprint density at radius 3 is 2.25 bits per heavy atom. The summed E-state index contributed by atoms with van der Waals surface area (Å²) in [4.78, 5) is 4.15. The Balaban J connectivity index is 1.59. The van der Waals surface area contributed by atoms with E-state index in [1.54, 1.807) is 28.8 Å². The van der Waals surface area contributed by atoms with E-state index in [2.05, 4.69) is 4.98 Å². The molecular weight excluding hydrogens is 380 g/mol. The van der Waals surface area contributed by atoms with Crippen LogP contribution in [0, 0.1) is 0 Å². The highest BCUT2D eigenvalue weighted by molar-refractivity contribution is 7.89. The molecule has 0 saturated carbocycles. The maximum atomic E-state index is 13.5. The number of piperidine rings is 1. The highest BCUT2D eigenvalue weighted by Gasteiger charge is 2.48. The topological polar surface area (TPSA) is 78.0 Å². The van der Waals surface area contributed by atoms with Gasteiger partial charge in [0, 0.05) is 43.4 Å². The molecular formula is C20H24N2O5S. The third-order valence-electron chi connectivity index (χ3n) is 5.50. The van der Waals surface area contributed by atoms with Crippen LogP contribution in [0.5, 0.6) is 17.2 Å². The van der Waals surface area contributed by atoms with Crippen molar-refractivity contribution < 1.29 is 22.6 Å². The second kappa shape index (κ2) is 7.60. The van der Waals surface area contributed by atoms with Gasteiger partial charge in [-0.15, -0.1) is 0 Å². The average Bonchev–Trinajstić information content (AvgIpc) is 3.00. The summed E-state index contributed by atoms with van der Waals surface area (Å²) < 4.78 is 45.3. The van der Waals surface area contributed by atoms with Gasteiger partial charge in [-0.3, -0.25) is 4.98 Å². The predicted octanol–water partition coefficient (Wildman–Crippen LogP) is 2.86. The zero-order valence-electron chi connectivity index (χ0n) is 15.9. The van der Waals surface area contributed by atoms with Crippen molar-refractivity contribution in [2.75, 3.05) is 14.2 Å². The molecule has 2 fully saturated rings. The van der Waals surface area contributed by atoms with E-state index in [0.717, 1.165) is 18.6 Å². The van der Waals surface area contributed by atoms with E-state index >= 15 is 0 Å². The molecule has 2 saturated heterocycles. The first kappa shape index (κ1) is 19.0. The summed E-state index contributed by atoms with van der Waals surface area (Å²) in [6.07, 6.45) is 6.41. The second-order valence-corrected chi connectivity index (χ2v) is 8.94.